The molecule has 0 N–H and O–H groups in total. The molecule has 0 saturated heterocycles. The maximum atomic E-state index is 5.79. The van der Waals surface area contributed by atoms with Gasteiger partial charge in [-0.15, -0.1) is 22.0 Å². The Morgan fingerprint density at radius 2 is 1.64 bits per heavy atom. The summed E-state index contributed by atoms with van der Waals surface area (Å²) in [7, 11) is 0. The molecule has 4 rings (SSSR count). The third kappa shape index (κ3) is 3.78. The molecule has 1 aromatic heterocycles. The summed E-state index contributed by atoms with van der Waals surface area (Å²) in [5.74, 6) is 2.81. The molecule has 0 spiro atoms. The Morgan fingerprint density at radius 3 is 2.52 bits per heavy atom. The topological polar surface area (TPSA) is 38.9 Å². The number of nitrogens with zero attached hydrogens (tertiary/aromatic N) is 2. The Labute approximate surface area is 158 Å². The predicted octanol–water partition coefficient (Wildman–Crippen LogP) is 6.09. The minimum absolute atomic E-state index is 0.550. The molecular formula is C20H15BrN2OS. The number of rotatable bonds is 5. The number of aromatic nitrogens is 2. The number of halogens is 1. The van der Waals surface area contributed by atoms with Gasteiger partial charge in [-0.3, -0.25) is 0 Å². The molecule has 0 saturated carbocycles. The number of fused-ring (bicyclic) bond motifs is 1. The quantitative estimate of drug-likeness (QED) is 0.399. The van der Waals surface area contributed by atoms with Crippen molar-refractivity contribution in [3.05, 3.63) is 82.7 Å². The van der Waals surface area contributed by atoms with E-state index in [1.165, 1.54) is 16.3 Å². The average molecular weight is 411 g/mol. The van der Waals surface area contributed by atoms with Gasteiger partial charge in [0.2, 0.25) is 11.8 Å². The lowest BCUT2D eigenvalue weighted by atomic mass is 10.1. The smallest absolute Gasteiger partial charge is 0.248 e. The Morgan fingerprint density at radius 1 is 0.840 bits per heavy atom. The van der Waals surface area contributed by atoms with Gasteiger partial charge in [0.05, 0.1) is 11.3 Å². The molecule has 0 aliphatic carbocycles. The summed E-state index contributed by atoms with van der Waals surface area (Å²) in [6, 6.07) is 22.8. The van der Waals surface area contributed by atoms with E-state index in [1.807, 2.05) is 24.3 Å². The molecule has 0 bridgehead atoms. The van der Waals surface area contributed by atoms with Crippen molar-refractivity contribution < 1.29 is 4.42 Å². The van der Waals surface area contributed by atoms with Gasteiger partial charge in [0, 0.05) is 10.2 Å². The van der Waals surface area contributed by atoms with Gasteiger partial charge in [-0.1, -0.05) is 54.6 Å². The van der Waals surface area contributed by atoms with Crippen LogP contribution in [0.1, 0.15) is 11.5 Å². The maximum absolute atomic E-state index is 5.79. The standard InChI is InChI=1S/C20H15BrN2OS/c21-18-8-4-3-7-17(18)20-23-22-19(24-20)13-25-12-14-9-10-15-5-1-2-6-16(15)11-14/h1-11H,12-13H2. The summed E-state index contributed by atoms with van der Waals surface area (Å²) >= 11 is 5.28. The van der Waals surface area contributed by atoms with Crippen LogP contribution in [0, 0.1) is 0 Å². The van der Waals surface area contributed by atoms with Gasteiger partial charge in [0.15, 0.2) is 0 Å². The van der Waals surface area contributed by atoms with E-state index in [4.69, 9.17) is 4.42 Å². The van der Waals surface area contributed by atoms with Gasteiger partial charge < -0.3 is 4.42 Å². The summed E-state index contributed by atoms with van der Waals surface area (Å²) in [6.45, 7) is 0. The van der Waals surface area contributed by atoms with Crippen LogP contribution >= 0.6 is 27.7 Å². The summed E-state index contributed by atoms with van der Waals surface area (Å²) in [6.07, 6.45) is 0. The van der Waals surface area contributed by atoms with Gasteiger partial charge in [0.1, 0.15) is 0 Å². The molecule has 5 heteroatoms. The SMILES string of the molecule is Brc1ccccc1-c1nnc(CSCc2ccc3ccccc3c2)o1. The highest BCUT2D eigenvalue weighted by Gasteiger charge is 2.11. The fraction of sp³-hybridized carbons (Fsp3) is 0.100. The first-order valence-electron chi connectivity index (χ1n) is 7.92. The molecule has 0 atom stereocenters. The third-order valence-corrected chi connectivity index (χ3v) is 5.56. The summed E-state index contributed by atoms with van der Waals surface area (Å²) in [4.78, 5) is 0. The second kappa shape index (κ2) is 7.42. The van der Waals surface area contributed by atoms with E-state index in [-0.39, 0.29) is 0 Å². The van der Waals surface area contributed by atoms with Crippen LogP contribution in [0.3, 0.4) is 0 Å². The first-order chi connectivity index (χ1) is 12.3. The van der Waals surface area contributed by atoms with E-state index in [0.717, 1.165) is 15.8 Å². The molecule has 0 aliphatic heterocycles. The summed E-state index contributed by atoms with van der Waals surface area (Å²) in [5.41, 5.74) is 2.22. The zero-order valence-corrected chi connectivity index (χ0v) is 15.8. The fourth-order valence-corrected chi connectivity index (χ4v) is 3.90. The second-order valence-corrected chi connectivity index (χ2v) is 7.50. The van der Waals surface area contributed by atoms with Gasteiger partial charge in [-0.05, 0) is 44.4 Å². The van der Waals surface area contributed by atoms with Crippen LogP contribution in [0.15, 0.2) is 75.6 Å². The van der Waals surface area contributed by atoms with Crippen molar-refractivity contribution in [1.82, 2.24) is 10.2 Å². The van der Waals surface area contributed by atoms with Crippen molar-refractivity contribution in [2.24, 2.45) is 0 Å². The third-order valence-electron chi connectivity index (χ3n) is 3.88. The Hall–Kier alpha value is -2.11. The number of thioether (sulfide) groups is 1. The van der Waals surface area contributed by atoms with Crippen LogP contribution in [0.4, 0.5) is 0 Å². The van der Waals surface area contributed by atoms with E-state index in [0.29, 0.717) is 17.5 Å². The Balaban J connectivity index is 1.41. The maximum Gasteiger partial charge on any atom is 0.248 e. The Kier molecular flexibility index (Phi) is 4.85. The van der Waals surface area contributed by atoms with Crippen molar-refractivity contribution in [3.8, 4) is 11.5 Å². The number of hydrogen-bond acceptors (Lipinski definition) is 4. The van der Waals surface area contributed by atoms with Gasteiger partial charge in [-0.25, -0.2) is 0 Å². The molecule has 0 aliphatic rings. The van der Waals surface area contributed by atoms with E-state index in [2.05, 4.69) is 68.6 Å². The highest BCUT2D eigenvalue weighted by atomic mass is 79.9. The second-order valence-electron chi connectivity index (χ2n) is 5.66. The van der Waals surface area contributed by atoms with Crippen molar-refractivity contribution in [1.29, 1.82) is 0 Å². The predicted molar refractivity (Wildman–Crippen MR) is 106 cm³/mol. The first kappa shape index (κ1) is 16.4. The first-order valence-corrected chi connectivity index (χ1v) is 9.87. The molecular weight excluding hydrogens is 396 g/mol. The molecule has 4 aromatic rings. The molecule has 3 aromatic carbocycles. The Bertz CT molecular complexity index is 1020. The van der Waals surface area contributed by atoms with Gasteiger partial charge in [-0.2, -0.15) is 0 Å². The molecule has 0 radical (unpaired) electrons. The zero-order chi connectivity index (χ0) is 17.1. The molecule has 0 fully saturated rings. The molecule has 1 heterocycles. The lowest BCUT2D eigenvalue weighted by Gasteiger charge is -2.03. The van der Waals surface area contributed by atoms with E-state index in [9.17, 15) is 0 Å². The average Bonchev–Trinajstić information content (AvgIpc) is 3.11. The van der Waals surface area contributed by atoms with Crippen molar-refractivity contribution in [2.75, 3.05) is 0 Å². The van der Waals surface area contributed by atoms with Crippen LogP contribution < -0.4 is 0 Å². The normalized spacial score (nSPS) is 11.1. The van der Waals surface area contributed by atoms with E-state index in [1.54, 1.807) is 11.8 Å². The molecule has 3 nitrogen and oxygen atoms in total. The fourth-order valence-electron chi connectivity index (χ4n) is 2.64. The van der Waals surface area contributed by atoms with Crippen LogP contribution in [0.2, 0.25) is 0 Å². The monoisotopic (exact) mass is 410 g/mol. The number of benzene rings is 3. The number of hydrogen-bond donors (Lipinski definition) is 0. The molecule has 124 valence electrons. The van der Waals surface area contributed by atoms with E-state index >= 15 is 0 Å². The zero-order valence-electron chi connectivity index (χ0n) is 13.4. The van der Waals surface area contributed by atoms with Crippen molar-refractivity contribution >= 4 is 38.5 Å². The van der Waals surface area contributed by atoms with Gasteiger partial charge in [0.25, 0.3) is 0 Å². The van der Waals surface area contributed by atoms with Gasteiger partial charge >= 0.3 is 0 Å². The molecule has 0 unspecified atom stereocenters. The van der Waals surface area contributed by atoms with Crippen LogP contribution in [0.5, 0.6) is 0 Å². The van der Waals surface area contributed by atoms with Crippen LogP contribution in [0.25, 0.3) is 22.2 Å². The summed E-state index contributed by atoms with van der Waals surface area (Å²) < 4.78 is 6.74. The van der Waals surface area contributed by atoms with Crippen molar-refractivity contribution in [2.45, 2.75) is 11.5 Å². The minimum atomic E-state index is 0.550. The highest BCUT2D eigenvalue weighted by molar-refractivity contribution is 9.10. The van der Waals surface area contributed by atoms with Crippen molar-refractivity contribution in [3.63, 3.8) is 0 Å². The van der Waals surface area contributed by atoms with Crippen LogP contribution in [-0.2, 0) is 11.5 Å². The molecule has 0 amide bonds. The van der Waals surface area contributed by atoms with E-state index < -0.39 is 0 Å². The largest absolute Gasteiger partial charge is 0.420 e. The lowest BCUT2D eigenvalue weighted by Crippen LogP contribution is -1.84. The lowest BCUT2D eigenvalue weighted by molar-refractivity contribution is 0.528. The summed E-state index contributed by atoms with van der Waals surface area (Å²) in [5, 5.41) is 10.9. The highest BCUT2D eigenvalue weighted by Crippen LogP contribution is 2.28. The van der Waals surface area contributed by atoms with Crippen LogP contribution in [-0.4, -0.2) is 10.2 Å². The molecule has 25 heavy (non-hydrogen) atoms. The minimum Gasteiger partial charge on any atom is -0.420 e.